The van der Waals surface area contributed by atoms with Gasteiger partial charge in [-0.2, -0.15) is 0 Å². The fourth-order valence-corrected chi connectivity index (χ4v) is 2.28. The minimum atomic E-state index is -0.468. The second-order valence-electron chi connectivity index (χ2n) is 4.99. The number of carbonyl (C=O) groups is 1. The zero-order valence-corrected chi connectivity index (χ0v) is 12.7. The van der Waals surface area contributed by atoms with Crippen LogP contribution in [-0.2, 0) is 4.74 Å². The zero-order valence-electron chi connectivity index (χ0n) is 12.7. The number of carbonyl (C=O) groups excluding carboxylic acids is 1. The molecular formula is C16H19N3O2. The predicted octanol–water partition coefficient (Wildman–Crippen LogP) is 2.84. The molecule has 0 bridgehead atoms. The Morgan fingerprint density at radius 2 is 1.86 bits per heavy atom. The van der Waals surface area contributed by atoms with Crippen LogP contribution in [0.5, 0.6) is 0 Å². The van der Waals surface area contributed by atoms with Crippen molar-refractivity contribution in [3.63, 3.8) is 0 Å². The van der Waals surface area contributed by atoms with Gasteiger partial charge in [0.1, 0.15) is 0 Å². The average molecular weight is 285 g/mol. The maximum Gasteiger partial charge on any atom is 0.340 e. The van der Waals surface area contributed by atoms with Crippen molar-refractivity contribution in [3.8, 4) is 0 Å². The molecule has 2 aromatic rings. The molecule has 0 aliphatic rings. The highest BCUT2D eigenvalue weighted by Gasteiger charge is 2.17. The van der Waals surface area contributed by atoms with E-state index in [1.165, 1.54) is 7.11 Å². The Morgan fingerprint density at radius 1 is 1.24 bits per heavy atom. The lowest BCUT2D eigenvalue weighted by Crippen LogP contribution is -2.16. The summed E-state index contributed by atoms with van der Waals surface area (Å²) in [6.07, 6.45) is 1.55. The van der Waals surface area contributed by atoms with Crippen molar-refractivity contribution in [1.82, 2.24) is 4.98 Å². The van der Waals surface area contributed by atoms with E-state index in [-0.39, 0.29) is 0 Å². The van der Waals surface area contributed by atoms with Crippen molar-refractivity contribution in [2.24, 2.45) is 0 Å². The second-order valence-corrected chi connectivity index (χ2v) is 4.99. The molecule has 0 aliphatic heterocycles. The quantitative estimate of drug-likeness (QED) is 0.878. The fourth-order valence-electron chi connectivity index (χ4n) is 2.28. The van der Waals surface area contributed by atoms with Crippen LogP contribution < -0.4 is 10.6 Å². The highest BCUT2D eigenvalue weighted by atomic mass is 16.5. The van der Waals surface area contributed by atoms with Gasteiger partial charge in [-0.1, -0.05) is 6.07 Å². The molecule has 2 N–H and O–H groups in total. The van der Waals surface area contributed by atoms with Crippen LogP contribution in [0.2, 0.25) is 0 Å². The normalized spacial score (nSPS) is 10.3. The summed E-state index contributed by atoms with van der Waals surface area (Å²) in [5, 5.41) is 0. The van der Waals surface area contributed by atoms with Gasteiger partial charge in [-0.15, -0.1) is 0 Å². The Morgan fingerprint density at radius 3 is 2.43 bits per heavy atom. The number of benzene rings is 1. The highest BCUT2D eigenvalue weighted by Crippen LogP contribution is 2.30. The standard InChI is InChI=1S/C16H19N3O2/c1-10-7-11(2)9-12(8-10)19(3)15-14(17)13(5-6-18-15)16(20)21-4/h5-9H,17H2,1-4H3. The third-order valence-electron chi connectivity index (χ3n) is 3.29. The fraction of sp³-hybridized carbons (Fsp3) is 0.250. The molecule has 5 nitrogen and oxygen atoms in total. The van der Waals surface area contributed by atoms with Crippen LogP contribution in [0.1, 0.15) is 21.5 Å². The Labute approximate surface area is 124 Å². The van der Waals surface area contributed by atoms with E-state index in [0.29, 0.717) is 17.1 Å². The molecule has 0 spiro atoms. The molecule has 1 heterocycles. The molecule has 0 amide bonds. The van der Waals surface area contributed by atoms with E-state index in [9.17, 15) is 4.79 Å². The van der Waals surface area contributed by atoms with Gasteiger partial charge in [0.2, 0.25) is 0 Å². The van der Waals surface area contributed by atoms with Gasteiger partial charge in [-0.25, -0.2) is 9.78 Å². The Hall–Kier alpha value is -2.56. The maximum absolute atomic E-state index is 11.7. The molecule has 1 aromatic heterocycles. The van der Waals surface area contributed by atoms with Crippen LogP contribution in [0.4, 0.5) is 17.2 Å². The number of aromatic nitrogens is 1. The van der Waals surface area contributed by atoms with E-state index >= 15 is 0 Å². The summed E-state index contributed by atoms with van der Waals surface area (Å²) in [7, 11) is 3.20. The summed E-state index contributed by atoms with van der Waals surface area (Å²) in [6.45, 7) is 4.07. The lowest BCUT2D eigenvalue weighted by molar-refractivity contribution is 0.0602. The number of nitrogens with zero attached hydrogens (tertiary/aromatic N) is 2. The molecule has 0 aliphatic carbocycles. The number of ether oxygens (including phenoxy) is 1. The molecule has 0 radical (unpaired) electrons. The first-order valence-electron chi connectivity index (χ1n) is 6.59. The Bertz CT molecular complexity index is 663. The van der Waals surface area contributed by atoms with Crippen LogP contribution in [0.3, 0.4) is 0 Å². The molecule has 5 heteroatoms. The van der Waals surface area contributed by atoms with Gasteiger partial charge in [0.25, 0.3) is 0 Å². The summed E-state index contributed by atoms with van der Waals surface area (Å²) in [6, 6.07) is 7.73. The van der Waals surface area contributed by atoms with E-state index in [2.05, 4.69) is 11.1 Å². The minimum absolute atomic E-state index is 0.311. The number of methoxy groups -OCH3 is 1. The summed E-state index contributed by atoms with van der Waals surface area (Å²) < 4.78 is 4.73. The van der Waals surface area contributed by atoms with Crippen LogP contribution in [-0.4, -0.2) is 25.1 Å². The molecular weight excluding hydrogens is 266 g/mol. The first-order chi connectivity index (χ1) is 9.93. The van der Waals surface area contributed by atoms with Crippen molar-refractivity contribution in [1.29, 1.82) is 0 Å². The molecule has 110 valence electrons. The average Bonchev–Trinajstić information content (AvgIpc) is 2.45. The summed E-state index contributed by atoms with van der Waals surface area (Å²) >= 11 is 0. The Kier molecular flexibility index (Phi) is 4.12. The number of rotatable bonds is 3. The number of hydrogen-bond donors (Lipinski definition) is 1. The molecule has 1 aromatic carbocycles. The molecule has 0 unspecified atom stereocenters. The van der Waals surface area contributed by atoms with Crippen molar-refractivity contribution in [2.75, 3.05) is 24.8 Å². The van der Waals surface area contributed by atoms with Crippen LogP contribution >= 0.6 is 0 Å². The summed E-state index contributed by atoms with van der Waals surface area (Å²) in [5.74, 6) is 0.0628. The molecule has 0 fully saturated rings. The smallest absolute Gasteiger partial charge is 0.340 e. The van der Waals surface area contributed by atoms with Gasteiger partial charge in [-0.3, -0.25) is 0 Å². The second kappa shape index (κ2) is 5.83. The molecule has 0 saturated heterocycles. The summed E-state index contributed by atoms with van der Waals surface area (Å²) in [4.78, 5) is 17.9. The van der Waals surface area contributed by atoms with Gasteiger partial charge in [-0.05, 0) is 43.2 Å². The van der Waals surface area contributed by atoms with Crippen molar-refractivity contribution < 1.29 is 9.53 Å². The van der Waals surface area contributed by atoms with Crippen LogP contribution in [0.25, 0.3) is 0 Å². The third-order valence-corrected chi connectivity index (χ3v) is 3.29. The third kappa shape index (κ3) is 2.97. The van der Waals surface area contributed by atoms with Crippen molar-refractivity contribution in [2.45, 2.75) is 13.8 Å². The first-order valence-corrected chi connectivity index (χ1v) is 6.59. The molecule has 0 saturated carbocycles. The van der Waals surface area contributed by atoms with E-state index in [0.717, 1.165) is 16.8 Å². The van der Waals surface area contributed by atoms with Crippen LogP contribution in [0.15, 0.2) is 30.5 Å². The number of anilines is 3. The zero-order chi connectivity index (χ0) is 15.6. The number of pyridine rings is 1. The summed E-state index contributed by atoms with van der Waals surface area (Å²) in [5.41, 5.74) is 9.97. The van der Waals surface area contributed by atoms with Gasteiger partial charge in [0.05, 0.1) is 18.4 Å². The first kappa shape index (κ1) is 14.8. The van der Waals surface area contributed by atoms with Gasteiger partial charge in [0, 0.05) is 18.9 Å². The maximum atomic E-state index is 11.7. The Balaban J connectivity index is 2.48. The van der Waals surface area contributed by atoms with Gasteiger partial charge >= 0.3 is 5.97 Å². The predicted molar refractivity (Wildman–Crippen MR) is 84.0 cm³/mol. The van der Waals surface area contributed by atoms with E-state index in [4.69, 9.17) is 10.5 Å². The topological polar surface area (TPSA) is 68.5 Å². The number of aryl methyl sites for hydroxylation is 2. The molecule has 0 atom stereocenters. The van der Waals surface area contributed by atoms with Crippen molar-refractivity contribution >= 4 is 23.2 Å². The highest BCUT2D eigenvalue weighted by molar-refractivity contribution is 5.98. The number of esters is 1. The lowest BCUT2D eigenvalue weighted by Gasteiger charge is -2.21. The van der Waals surface area contributed by atoms with Gasteiger partial charge < -0.3 is 15.4 Å². The monoisotopic (exact) mass is 285 g/mol. The number of nitrogens with two attached hydrogens (primary N) is 1. The minimum Gasteiger partial charge on any atom is -0.465 e. The largest absolute Gasteiger partial charge is 0.465 e. The number of hydrogen-bond acceptors (Lipinski definition) is 5. The van der Waals surface area contributed by atoms with E-state index < -0.39 is 5.97 Å². The molecule has 21 heavy (non-hydrogen) atoms. The van der Waals surface area contributed by atoms with Crippen LogP contribution in [0, 0.1) is 13.8 Å². The van der Waals surface area contributed by atoms with E-state index in [1.807, 2.05) is 37.9 Å². The molecule has 2 rings (SSSR count). The SMILES string of the molecule is COC(=O)c1ccnc(N(C)c2cc(C)cc(C)c2)c1N. The number of nitrogen functional groups attached to an aromatic ring is 1. The lowest BCUT2D eigenvalue weighted by atomic mass is 10.1. The van der Waals surface area contributed by atoms with E-state index in [1.54, 1.807) is 12.3 Å². The van der Waals surface area contributed by atoms with Gasteiger partial charge in [0.15, 0.2) is 5.82 Å². The van der Waals surface area contributed by atoms with Crippen molar-refractivity contribution in [3.05, 3.63) is 47.2 Å².